The molecule has 0 amide bonds. The second-order valence-corrected chi connectivity index (χ2v) is 5.67. The van der Waals surface area contributed by atoms with Crippen molar-refractivity contribution in [1.82, 2.24) is 20.0 Å². The lowest BCUT2D eigenvalue weighted by atomic mass is 9.88. The number of anilines is 1. The van der Waals surface area contributed by atoms with E-state index in [9.17, 15) is 0 Å². The average Bonchev–Trinajstić information content (AvgIpc) is 3.16. The fourth-order valence-electron chi connectivity index (χ4n) is 2.93. The van der Waals surface area contributed by atoms with Crippen LogP contribution in [0.25, 0.3) is 11.5 Å². The summed E-state index contributed by atoms with van der Waals surface area (Å²) in [6.07, 6.45) is 6.71. The van der Waals surface area contributed by atoms with Crippen molar-refractivity contribution in [3.8, 4) is 11.5 Å². The number of aryl methyl sites for hydroxylation is 2. The maximum Gasteiger partial charge on any atom is 0.315 e. The van der Waals surface area contributed by atoms with Crippen molar-refractivity contribution in [2.45, 2.75) is 25.3 Å². The molecule has 0 saturated heterocycles. The molecule has 1 atom stereocenters. The second-order valence-electron chi connectivity index (χ2n) is 5.67. The minimum Gasteiger partial charge on any atom is -0.403 e. The second kappa shape index (κ2) is 5.29. The van der Waals surface area contributed by atoms with E-state index in [1.54, 1.807) is 10.9 Å². The quantitative estimate of drug-likeness (QED) is 0.803. The smallest absolute Gasteiger partial charge is 0.315 e. The van der Waals surface area contributed by atoms with Crippen molar-refractivity contribution in [2.75, 3.05) is 5.32 Å². The van der Waals surface area contributed by atoms with E-state index in [0.717, 1.165) is 24.8 Å². The summed E-state index contributed by atoms with van der Waals surface area (Å²) in [6, 6.07) is 9.40. The van der Waals surface area contributed by atoms with Crippen LogP contribution >= 0.6 is 0 Å². The Morgan fingerprint density at radius 3 is 2.91 bits per heavy atom. The van der Waals surface area contributed by atoms with E-state index in [1.165, 1.54) is 11.1 Å². The Labute approximate surface area is 128 Å². The number of aromatic nitrogens is 4. The number of benzene rings is 1. The van der Waals surface area contributed by atoms with Crippen LogP contribution < -0.4 is 5.32 Å². The predicted molar refractivity (Wildman–Crippen MR) is 82.4 cm³/mol. The van der Waals surface area contributed by atoms with Crippen molar-refractivity contribution >= 4 is 6.01 Å². The molecule has 2 aromatic heterocycles. The van der Waals surface area contributed by atoms with Crippen LogP contribution in [0, 0.1) is 0 Å². The SMILES string of the molecule is Cn1cc(-c2nnc(NC3CCc4ccccc4C3)o2)cn1. The molecule has 1 aliphatic carbocycles. The first kappa shape index (κ1) is 13.1. The number of hydrogen-bond donors (Lipinski definition) is 1. The summed E-state index contributed by atoms with van der Waals surface area (Å²) in [7, 11) is 1.86. The third-order valence-electron chi connectivity index (χ3n) is 4.05. The van der Waals surface area contributed by atoms with Gasteiger partial charge in [-0.25, -0.2) is 0 Å². The Kier molecular flexibility index (Phi) is 3.14. The third kappa shape index (κ3) is 2.47. The van der Waals surface area contributed by atoms with Crippen LogP contribution in [0.5, 0.6) is 0 Å². The van der Waals surface area contributed by atoms with Crippen LogP contribution in [-0.4, -0.2) is 26.0 Å². The largest absolute Gasteiger partial charge is 0.403 e. The van der Waals surface area contributed by atoms with Gasteiger partial charge >= 0.3 is 6.01 Å². The average molecular weight is 295 g/mol. The summed E-state index contributed by atoms with van der Waals surface area (Å²) in [5.74, 6) is 0.492. The lowest BCUT2D eigenvalue weighted by molar-refractivity contribution is 0.542. The van der Waals surface area contributed by atoms with Gasteiger partial charge < -0.3 is 9.73 Å². The van der Waals surface area contributed by atoms with Crippen LogP contribution in [-0.2, 0) is 19.9 Å². The molecule has 0 saturated carbocycles. The molecular formula is C16H17N5O. The number of hydrogen-bond acceptors (Lipinski definition) is 5. The van der Waals surface area contributed by atoms with Gasteiger partial charge in [-0.3, -0.25) is 4.68 Å². The van der Waals surface area contributed by atoms with Gasteiger partial charge in [0.2, 0.25) is 0 Å². The van der Waals surface area contributed by atoms with Crippen LogP contribution in [0.3, 0.4) is 0 Å². The van der Waals surface area contributed by atoms with E-state index >= 15 is 0 Å². The van der Waals surface area contributed by atoms with Gasteiger partial charge in [0.1, 0.15) is 0 Å². The van der Waals surface area contributed by atoms with Crippen LogP contribution in [0.1, 0.15) is 17.5 Å². The zero-order valence-corrected chi connectivity index (χ0v) is 12.4. The topological polar surface area (TPSA) is 68.8 Å². The van der Waals surface area contributed by atoms with Crippen molar-refractivity contribution < 1.29 is 4.42 Å². The monoisotopic (exact) mass is 295 g/mol. The van der Waals surface area contributed by atoms with Crippen LogP contribution in [0.2, 0.25) is 0 Å². The summed E-state index contributed by atoms with van der Waals surface area (Å²) >= 11 is 0. The lowest BCUT2D eigenvalue weighted by Gasteiger charge is -2.24. The number of rotatable bonds is 3. The third-order valence-corrected chi connectivity index (χ3v) is 4.05. The Morgan fingerprint density at radius 1 is 1.23 bits per heavy atom. The maximum absolute atomic E-state index is 5.69. The van der Waals surface area contributed by atoms with Gasteiger partial charge in [-0.05, 0) is 30.4 Å². The number of nitrogens with zero attached hydrogens (tertiary/aromatic N) is 4. The van der Waals surface area contributed by atoms with Gasteiger partial charge in [0.15, 0.2) is 0 Å². The minimum absolute atomic E-state index is 0.331. The van der Waals surface area contributed by atoms with E-state index in [-0.39, 0.29) is 0 Å². The molecule has 0 spiro atoms. The van der Waals surface area contributed by atoms with Gasteiger partial charge in [0.25, 0.3) is 5.89 Å². The maximum atomic E-state index is 5.69. The summed E-state index contributed by atoms with van der Waals surface area (Å²) in [5, 5.41) is 15.6. The fraction of sp³-hybridized carbons (Fsp3) is 0.312. The van der Waals surface area contributed by atoms with E-state index < -0.39 is 0 Å². The molecule has 4 rings (SSSR count). The first-order chi connectivity index (χ1) is 10.8. The van der Waals surface area contributed by atoms with E-state index in [1.807, 2.05) is 13.2 Å². The summed E-state index contributed by atoms with van der Waals surface area (Å²) in [5.41, 5.74) is 3.68. The van der Waals surface area contributed by atoms with Crippen LogP contribution in [0.15, 0.2) is 41.1 Å². The molecule has 6 nitrogen and oxygen atoms in total. The van der Waals surface area contributed by atoms with Gasteiger partial charge in [0.05, 0.1) is 11.8 Å². The van der Waals surface area contributed by atoms with Crippen molar-refractivity contribution in [2.24, 2.45) is 7.05 Å². The van der Waals surface area contributed by atoms with E-state index in [2.05, 4.69) is 44.9 Å². The zero-order valence-electron chi connectivity index (χ0n) is 12.4. The lowest BCUT2D eigenvalue weighted by Crippen LogP contribution is -2.27. The van der Waals surface area contributed by atoms with Crippen molar-refractivity contribution in [3.63, 3.8) is 0 Å². The predicted octanol–water partition coefficient (Wildman–Crippen LogP) is 2.44. The van der Waals surface area contributed by atoms with Gasteiger partial charge in [-0.1, -0.05) is 29.4 Å². The summed E-state index contributed by atoms with van der Waals surface area (Å²) in [4.78, 5) is 0. The molecule has 1 aromatic carbocycles. The molecule has 0 aliphatic heterocycles. The van der Waals surface area contributed by atoms with E-state index in [0.29, 0.717) is 17.9 Å². The molecule has 0 fully saturated rings. The molecule has 22 heavy (non-hydrogen) atoms. The Bertz CT molecular complexity index is 791. The fourth-order valence-corrected chi connectivity index (χ4v) is 2.93. The Balaban J connectivity index is 1.47. The Hall–Kier alpha value is -2.63. The zero-order chi connectivity index (χ0) is 14.9. The highest BCUT2D eigenvalue weighted by Crippen LogP contribution is 2.24. The first-order valence-corrected chi connectivity index (χ1v) is 7.44. The highest BCUT2D eigenvalue weighted by Gasteiger charge is 2.20. The molecule has 112 valence electrons. The van der Waals surface area contributed by atoms with Crippen molar-refractivity contribution in [1.29, 1.82) is 0 Å². The number of nitrogens with one attached hydrogen (secondary N) is 1. The molecule has 3 aromatic rings. The standard InChI is InChI=1S/C16H17N5O/c1-21-10-13(9-17-21)15-19-20-16(22-15)18-14-7-6-11-4-2-3-5-12(11)8-14/h2-5,9-10,14H,6-8H2,1H3,(H,18,20). The molecule has 1 unspecified atom stereocenters. The van der Waals surface area contributed by atoms with E-state index in [4.69, 9.17) is 4.42 Å². The first-order valence-electron chi connectivity index (χ1n) is 7.44. The summed E-state index contributed by atoms with van der Waals surface area (Å²) < 4.78 is 7.40. The molecule has 1 aliphatic rings. The molecule has 0 bridgehead atoms. The molecule has 6 heteroatoms. The normalized spacial score (nSPS) is 17.2. The molecule has 0 radical (unpaired) electrons. The van der Waals surface area contributed by atoms with Crippen molar-refractivity contribution in [3.05, 3.63) is 47.8 Å². The van der Waals surface area contributed by atoms with Gasteiger partial charge in [-0.2, -0.15) is 5.10 Å². The molecule has 2 heterocycles. The highest BCUT2D eigenvalue weighted by atomic mass is 16.4. The highest BCUT2D eigenvalue weighted by molar-refractivity contribution is 5.50. The molecular weight excluding hydrogens is 278 g/mol. The summed E-state index contributed by atoms with van der Waals surface area (Å²) in [6.45, 7) is 0. The van der Waals surface area contributed by atoms with Gasteiger partial charge in [0, 0.05) is 19.3 Å². The van der Waals surface area contributed by atoms with Crippen LogP contribution in [0.4, 0.5) is 6.01 Å². The van der Waals surface area contributed by atoms with Gasteiger partial charge in [-0.15, -0.1) is 5.10 Å². The molecule has 1 N–H and O–H groups in total. The Morgan fingerprint density at radius 2 is 2.09 bits per heavy atom. The minimum atomic E-state index is 0.331. The number of fused-ring (bicyclic) bond motifs is 1.